The number of halogens is 3. The molecule has 1 rings (SSSR count). The number of alkyl halides is 3. The molecule has 2 atom stereocenters. The Morgan fingerprint density at radius 1 is 1.50 bits per heavy atom. The molecule has 0 bridgehead atoms. The van der Waals surface area contributed by atoms with Crippen LogP contribution in [0.2, 0.25) is 0 Å². The Balaban J connectivity index is 2.71. The van der Waals surface area contributed by atoms with E-state index in [0.29, 0.717) is 0 Å². The van der Waals surface area contributed by atoms with Crippen molar-refractivity contribution in [2.24, 2.45) is 5.92 Å². The van der Waals surface area contributed by atoms with E-state index in [1.54, 1.807) is 0 Å². The van der Waals surface area contributed by atoms with Gasteiger partial charge in [-0.3, -0.25) is 9.59 Å². The second kappa shape index (κ2) is 5.67. The zero-order valence-electron chi connectivity index (χ0n) is 8.66. The van der Waals surface area contributed by atoms with Gasteiger partial charge in [-0.1, -0.05) is 15.9 Å². The van der Waals surface area contributed by atoms with Gasteiger partial charge in [-0.25, -0.2) is 0 Å². The minimum Gasteiger partial charge on any atom is -0.378 e. The second-order valence-corrected chi connectivity index (χ2v) is 4.12. The van der Waals surface area contributed by atoms with Gasteiger partial charge in [0.15, 0.2) is 5.78 Å². The molecule has 1 saturated heterocycles. The molecule has 0 spiro atoms. The average molecular weight is 300 g/mol. The monoisotopic (exact) mass is 299 g/mol. The number of ether oxygens (including phenoxy) is 1. The summed E-state index contributed by atoms with van der Waals surface area (Å²) in [7, 11) is 1.27. The van der Waals surface area contributed by atoms with Crippen LogP contribution in [0.1, 0.15) is 0 Å². The molecule has 0 aliphatic carbocycles. The van der Waals surface area contributed by atoms with Crippen LogP contribution in [0.25, 0.3) is 0 Å². The zero-order valence-corrected chi connectivity index (χ0v) is 10.2. The number of likely N-dealkylation sites (N-methyl/N-ethyl adjacent to an activating group) is 1. The van der Waals surface area contributed by atoms with Gasteiger partial charge in [0, 0.05) is 7.05 Å². The number of ketones is 1. The lowest BCUT2D eigenvalue weighted by molar-refractivity contribution is -0.144. The van der Waals surface area contributed by atoms with Crippen molar-refractivity contribution in [3.63, 3.8) is 0 Å². The number of Topliss-reactive ketones (excluding diaryl/α,β-unsaturated/α-hetero) is 1. The van der Waals surface area contributed by atoms with E-state index in [1.165, 1.54) is 7.05 Å². The van der Waals surface area contributed by atoms with Crippen molar-refractivity contribution in [3.05, 3.63) is 0 Å². The molecule has 1 aliphatic rings. The van der Waals surface area contributed by atoms with E-state index in [-0.39, 0.29) is 24.3 Å². The number of amides is 1. The van der Waals surface area contributed by atoms with E-state index in [2.05, 4.69) is 15.9 Å². The number of nitrogens with zero attached hydrogens (tertiary/aromatic N) is 1. The van der Waals surface area contributed by atoms with Crippen molar-refractivity contribution in [2.45, 2.75) is 12.5 Å². The highest BCUT2D eigenvalue weighted by Crippen LogP contribution is 2.21. The molecular formula is C9H12BrF2NO3. The fourth-order valence-corrected chi connectivity index (χ4v) is 2.06. The van der Waals surface area contributed by atoms with E-state index in [9.17, 15) is 18.4 Å². The first-order valence-corrected chi connectivity index (χ1v) is 5.82. The number of rotatable bonds is 4. The molecule has 0 saturated carbocycles. The lowest BCUT2D eigenvalue weighted by Crippen LogP contribution is -2.46. The molecule has 1 aliphatic heterocycles. The molecule has 4 nitrogen and oxygen atoms in total. The molecule has 0 aromatic rings. The summed E-state index contributed by atoms with van der Waals surface area (Å²) in [5.41, 5.74) is 0. The number of carbonyl (C=O) groups excluding carboxylic acids is 2. The Morgan fingerprint density at radius 3 is 2.62 bits per heavy atom. The van der Waals surface area contributed by atoms with Gasteiger partial charge in [-0.15, -0.1) is 0 Å². The SMILES string of the molecule is CN(C(=O)C(F)F)C1COCC1C(=O)CBr. The minimum absolute atomic E-state index is 0.123. The van der Waals surface area contributed by atoms with Crippen LogP contribution in [0.4, 0.5) is 8.78 Å². The summed E-state index contributed by atoms with van der Waals surface area (Å²) >= 11 is 3.01. The van der Waals surface area contributed by atoms with Gasteiger partial charge in [0.05, 0.1) is 30.5 Å². The van der Waals surface area contributed by atoms with Crippen LogP contribution in [0, 0.1) is 5.92 Å². The summed E-state index contributed by atoms with van der Waals surface area (Å²) in [6, 6.07) is -0.591. The lowest BCUT2D eigenvalue weighted by atomic mass is 9.98. The second-order valence-electron chi connectivity index (χ2n) is 3.56. The molecule has 1 fully saturated rings. The third-order valence-corrected chi connectivity index (χ3v) is 3.18. The van der Waals surface area contributed by atoms with Gasteiger partial charge in [0.1, 0.15) is 0 Å². The van der Waals surface area contributed by atoms with Crippen molar-refractivity contribution in [1.29, 1.82) is 0 Å². The molecule has 2 unspecified atom stereocenters. The van der Waals surface area contributed by atoms with Gasteiger partial charge in [-0.05, 0) is 0 Å². The first-order chi connectivity index (χ1) is 7.49. The first kappa shape index (κ1) is 13.5. The van der Waals surface area contributed by atoms with Gasteiger partial charge in [0.25, 0.3) is 5.91 Å². The van der Waals surface area contributed by atoms with Crippen molar-refractivity contribution in [1.82, 2.24) is 4.90 Å². The molecule has 0 aromatic carbocycles. The Kier molecular flexibility index (Phi) is 4.79. The number of carbonyl (C=O) groups is 2. The van der Waals surface area contributed by atoms with Crippen LogP contribution in [0.5, 0.6) is 0 Å². The summed E-state index contributed by atoms with van der Waals surface area (Å²) in [5, 5.41) is 0.133. The van der Waals surface area contributed by atoms with Crippen LogP contribution in [-0.2, 0) is 14.3 Å². The van der Waals surface area contributed by atoms with Crippen LogP contribution in [0.15, 0.2) is 0 Å². The molecule has 7 heteroatoms. The molecule has 0 aromatic heterocycles. The highest BCUT2D eigenvalue weighted by atomic mass is 79.9. The van der Waals surface area contributed by atoms with Crippen LogP contribution in [-0.4, -0.2) is 54.6 Å². The molecule has 92 valence electrons. The van der Waals surface area contributed by atoms with Crippen LogP contribution < -0.4 is 0 Å². The molecule has 1 amide bonds. The van der Waals surface area contributed by atoms with E-state index in [4.69, 9.17) is 4.74 Å². The van der Waals surface area contributed by atoms with Gasteiger partial charge < -0.3 is 9.64 Å². The predicted molar refractivity (Wildman–Crippen MR) is 55.7 cm³/mol. The van der Waals surface area contributed by atoms with E-state index >= 15 is 0 Å². The van der Waals surface area contributed by atoms with Crippen LogP contribution >= 0.6 is 15.9 Å². The smallest absolute Gasteiger partial charge is 0.315 e. The Labute approximate surface area is 100 Å². The Bertz CT molecular complexity index is 288. The Morgan fingerprint density at radius 2 is 2.12 bits per heavy atom. The fraction of sp³-hybridized carbons (Fsp3) is 0.778. The molecule has 1 heterocycles. The normalized spacial score (nSPS) is 24.8. The molecular weight excluding hydrogens is 288 g/mol. The fourth-order valence-electron chi connectivity index (χ4n) is 1.65. The standard InChI is InChI=1S/C9H12BrF2NO3/c1-13(9(15)8(11)12)6-4-16-3-5(6)7(14)2-10/h5-6,8H,2-4H2,1H3. The highest BCUT2D eigenvalue weighted by molar-refractivity contribution is 9.09. The third-order valence-electron chi connectivity index (χ3n) is 2.63. The summed E-state index contributed by atoms with van der Waals surface area (Å²) < 4.78 is 29.5. The zero-order chi connectivity index (χ0) is 12.3. The summed E-state index contributed by atoms with van der Waals surface area (Å²) in [5.74, 6) is -1.94. The minimum atomic E-state index is -3.05. The number of hydrogen-bond acceptors (Lipinski definition) is 3. The highest BCUT2D eigenvalue weighted by Gasteiger charge is 2.39. The van der Waals surface area contributed by atoms with Crippen LogP contribution in [0.3, 0.4) is 0 Å². The van der Waals surface area contributed by atoms with Gasteiger partial charge in [-0.2, -0.15) is 8.78 Å². The summed E-state index contributed by atoms with van der Waals surface area (Å²) in [4.78, 5) is 23.5. The van der Waals surface area contributed by atoms with Gasteiger partial charge >= 0.3 is 6.43 Å². The molecule has 0 N–H and O–H groups in total. The largest absolute Gasteiger partial charge is 0.378 e. The molecule has 0 radical (unpaired) electrons. The third kappa shape index (κ3) is 2.76. The summed E-state index contributed by atoms with van der Waals surface area (Å²) in [6.45, 7) is 0.300. The maximum absolute atomic E-state index is 12.2. The van der Waals surface area contributed by atoms with Crippen molar-refractivity contribution >= 4 is 27.6 Å². The maximum atomic E-state index is 12.2. The average Bonchev–Trinajstić information content (AvgIpc) is 2.74. The topological polar surface area (TPSA) is 46.6 Å². The first-order valence-electron chi connectivity index (χ1n) is 4.70. The van der Waals surface area contributed by atoms with Crippen molar-refractivity contribution in [2.75, 3.05) is 25.6 Å². The van der Waals surface area contributed by atoms with Gasteiger partial charge in [0.2, 0.25) is 0 Å². The lowest BCUT2D eigenvalue weighted by Gasteiger charge is -2.26. The maximum Gasteiger partial charge on any atom is 0.315 e. The van der Waals surface area contributed by atoms with Crippen molar-refractivity contribution in [3.8, 4) is 0 Å². The Hall–Kier alpha value is -0.560. The summed E-state index contributed by atoms with van der Waals surface area (Å²) in [6.07, 6.45) is -3.05. The molecule has 16 heavy (non-hydrogen) atoms. The quantitative estimate of drug-likeness (QED) is 0.718. The predicted octanol–water partition coefficient (Wildman–Crippen LogP) is 0.689. The number of hydrogen-bond donors (Lipinski definition) is 0. The van der Waals surface area contributed by atoms with E-state index in [0.717, 1.165) is 4.90 Å². The van der Waals surface area contributed by atoms with E-state index < -0.39 is 24.3 Å². The van der Waals surface area contributed by atoms with Crippen molar-refractivity contribution < 1.29 is 23.1 Å². The van der Waals surface area contributed by atoms with E-state index in [1.807, 2.05) is 0 Å².